The summed E-state index contributed by atoms with van der Waals surface area (Å²) in [5.74, 6) is 0. The van der Waals surface area contributed by atoms with Crippen LogP contribution in [0.25, 0.3) is 77.3 Å². The van der Waals surface area contributed by atoms with E-state index in [0.717, 1.165) is 43.8 Å². The summed E-state index contributed by atoms with van der Waals surface area (Å²) < 4.78 is 86.6. The van der Waals surface area contributed by atoms with Crippen molar-refractivity contribution in [2.75, 3.05) is 4.90 Å². The predicted octanol–water partition coefficient (Wildman–Crippen LogP) is 14.0. The molecule has 3 heteroatoms. The summed E-state index contributed by atoms with van der Waals surface area (Å²) in [6, 6.07) is 39.6. The minimum Gasteiger partial charge on any atom is -0.456 e. The van der Waals surface area contributed by atoms with Gasteiger partial charge in [-0.2, -0.15) is 0 Å². The van der Waals surface area contributed by atoms with Crippen LogP contribution in [0, 0.1) is 0 Å². The van der Waals surface area contributed by atoms with Crippen molar-refractivity contribution < 1.29 is 19.8 Å². The molecule has 240 valence electrons. The quantitative estimate of drug-likeness (QED) is 0.178. The van der Waals surface area contributed by atoms with E-state index in [1.807, 2.05) is 84.9 Å². The Kier molecular flexibility index (Phi) is 5.15. The lowest BCUT2D eigenvalue weighted by atomic mass is 10.0. The molecule has 0 fully saturated rings. The van der Waals surface area contributed by atoms with Gasteiger partial charge in [0.1, 0.15) is 22.3 Å². The fourth-order valence-electron chi connectivity index (χ4n) is 6.69. The number of hydrogen-bond donors (Lipinski definition) is 0. The maximum atomic E-state index is 9.44. The predicted molar refractivity (Wildman–Crippen MR) is 212 cm³/mol. The smallest absolute Gasteiger partial charge is 0.136 e. The number of anilines is 3. The van der Waals surface area contributed by atoms with Gasteiger partial charge in [0.25, 0.3) is 0 Å². The molecule has 0 N–H and O–H groups in total. The van der Waals surface area contributed by atoms with Crippen LogP contribution in [0.5, 0.6) is 0 Å². The Morgan fingerprint density at radius 2 is 0.725 bits per heavy atom. The molecule has 0 saturated carbocycles. The van der Waals surface area contributed by atoms with Crippen LogP contribution in [0.1, 0.15) is 11.0 Å². The van der Waals surface area contributed by atoms with Crippen LogP contribution < -0.4 is 4.90 Å². The third kappa shape index (κ3) is 5.15. The molecule has 0 atom stereocenters. The lowest BCUT2D eigenvalue weighted by molar-refractivity contribution is 0.668. The van der Waals surface area contributed by atoms with Gasteiger partial charge in [0.05, 0.1) is 11.0 Å². The summed E-state index contributed by atoms with van der Waals surface area (Å²) in [5, 5.41) is 3.77. The second-order valence-corrected chi connectivity index (χ2v) is 12.3. The molecule has 10 aromatic rings. The van der Waals surface area contributed by atoms with Crippen molar-refractivity contribution in [2.45, 2.75) is 0 Å². The summed E-state index contributed by atoms with van der Waals surface area (Å²) >= 11 is 0. The first-order valence-electron chi connectivity index (χ1n) is 20.6. The van der Waals surface area contributed by atoms with E-state index in [-0.39, 0.29) is 46.7 Å². The van der Waals surface area contributed by atoms with Crippen LogP contribution >= 0.6 is 0 Å². The number of rotatable bonds is 6. The van der Waals surface area contributed by atoms with Crippen molar-refractivity contribution in [3.05, 3.63) is 188 Å². The van der Waals surface area contributed by atoms with Crippen molar-refractivity contribution >= 4 is 60.9 Å². The third-order valence-electron chi connectivity index (χ3n) is 9.24. The van der Waals surface area contributed by atoms with Crippen LogP contribution in [-0.4, -0.2) is 0 Å². The Hall–Kier alpha value is -6.84. The van der Waals surface area contributed by atoms with Crippen LogP contribution in [0.3, 0.4) is 0 Å². The number of para-hydroxylation sites is 2. The molecule has 51 heavy (non-hydrogen) atoms. The molecule has 0 aliphatic carbocycles. The van der Waals surface area contributed by atoms with E-state index in [0.29, 0.717) is 28.0 Å². The van der Waals surface area contributed by atoms with Gasteiger partial charge in [-0.3, -0.25) is 0 Å². The minimum atomic E-state index is -0.422. The molecule has 2 aromatic heterocycles. The van der Waals surface area contributed by atoms with Crippen LogP contribution in [0.15, 0.2) is 197 Å². The monoisotopic (exact) mass is 661 g/mol. The number of fused-ring (bicyclic) bond motifs is 6. The van der Waals surface area contributed by atoms with E-state index in [1.165, 1.54) is 4.90 Å². The first kappa shape index (κ1) is 22.0. The molecule has 0 unspecified atom stereocenters. The third-order valence-corrected chi connectivity index (χ3v) is 9.24. The summed E-state index contributed by atoms with van der Waals surface area (Å²) in [7, 11) is 0. The van der Waals surface area contributed by atoms with Gasteiger partial charge in [-0.1, -0.05) is 115 Å². The fourth-order valence-corrected chi connectivity index (χ4v) is 6.69. The second kappa shape index (κ2) is 11.9. The first-order chi connectivity index (χ1) is 28.6. The summed E-state index contributed by atoms with van der Waals surface area (Å²) in [6.07, 6.45) is 0. The van der Waals surface area contributed by atoms with Crippen LogP contribution in [0.2, 0.25) is 0 Å². The van der Waals surface area contributed by atoms with E-state index in [2.05, 4.69) is 0 Å². The highest BCUT2D eigenvalue weighted by molar-refractivity contribution is 6.07. The second-order valence-electron chi connectivity index (χ2n) is 12.3. The number of benzene rings is 8. The Balaban J connectivity index is 1.16. The van der Waals surface area contributed by atoms with Crippen LogP contribution in [0.4, 0.5) is 17.1 Å². The number of hydrogen-bond acceptors (Lipinski definition) is 3. The standard InChI is InChI=1S/C48H31NO2/c1-2-8-32(9-3-1)33-14-22-38(23-15-33)49(39-24-16-34(17-25-39)36-20-28-43-41-10-4-6-12-45(41)50-47(43)30-36)40-26-18-35(19-27-40)37-21-29-44-42-11-5-7-13-46(42)51-48(44)31-37/h1-31H/i14D,15D,16D,17D,22D,23D,24D,25D. The zero-order valence-electron chi connectivity index (χ0n) is 35.0. The van der Waals surface area contributed by atoms with Crippen molar-refractivity contribution in [3.63, 3.8) is 0 Å². The molecule has 10 rings (SSSR count). The van der Waals surface area contributed by atoms with E-state index in [4.69, 9.17) is 11.6 Å². The van der Waals surface area contributed by atoms with Gasteiger partial charge in [-0.15, -0.1) is 0 Å². The highest BCUT2D eigenvalue weighted by Crippen LogP contribution is 2.39. The molecule has 0 radical (unpaired) electrons. The highest BCUT2D eigenvalue weighted by atomic mass is 16.3. The molecule has 0 saturated heterocycles. The van der Waals surface area contributed by atoms with Crippen molar-refractivity contribution in [3.8, 4) is 33.4 Å². The Bertz CT molecular complexity index is 3260. The lowest BCUT2D eigenvalue weighted by Crippen LogP contribution is -2.09. The molecular weight excluding hydrogens is 623 g/mol. The average molecular weight is 662 g/mol. The van der Waals surface area contributed by atoms with Gasteiger partial charge in [0, 0.05) is 38.6 Å². The van der Waals surface area contributed by atoms with Crippen LogP contribution in [-0.2, 0) is 0 Å². The van der Waals surface area contributed by atoms with Crippen molar-refractivity contribution in [2.24, 2.45) is 0 Å². The molecule has 2 heterocycles. The molecule has 0 aliphatic rings. The molecule has 0 spiro atoms. The molecule has 0 amide bonds. The van der Waals surface area contributed by atoms with E-state index >= 15 is 0 Å². The molecule has 3 nitrogen and oxygen atoms in total. The van der Waals surface area contributed by atoms with Gasteiger partial charge >= 0.3 is 0 Å². The van der Waals surface area contributed by atoms with Gasteiger partial charge in [0.2, 0.25) is 0 Å². The van der Waals surface area contributed by atoms with Gasteiger partial charge in [-0.05, 0) is 106 Å². The summed E-state index contributed by atoms with van der Waals surface area (Å²) in [6.45, 7) is 0. The topological polar surface area (TPSA) is 29.5 Å². The van der Waals surface area contributed by atoms with E-state index < -0.39 is 24.2 Å². The maximum absolute atomic E-state index is 9.44. The fraction of sp³-hybridized carbons (Fsp3) is 0. The first-order valence-corrected chi connectivity index (χ1v) is 16.6. The number of nitrogens with zero attached hydrogens (tertiary/aromatic N) is 1. The average Bonchev–Trinajstić information content (AvgIpc) is 3.83. The molecular formula is C48H31NO2. The largest absolute Gasteiger partial charge is 0.456 e. The van der Waals surface area contributed by atoms with Gasteiger partial charge in [0.15, 0.2) is 0 Å². The van der Waals surface area contributed by atoms with E-state index in [1.54, 1.807) is 54.6 Å². The van der Waals surface area contributed by atoms with Gasteiger partial charge in [-0.25, -0.2) is 0 Å². The zero-order chi connectivity index (χ0) is 40.7. The minimum absolute atomic E-state index is 0.0568. The molecule has 8 aromatic carbocycles. The van der Waals surface area contributed by atoms with E-state index in [9.17, 15) is 8.22 Å². The molecule has 0 bridgehead atoms. The zero-order valence-corrected chi connectivity index (χ0v) is 27.0. The van der Waals surface area contributed by atoms with Gasteiger partial charge < -0.3 is 13.7 Å². The summed E-state index contributed by atoms with van der Waals surface area (Å²) in [5.41, 5.74) is 5.36. The Morgan fingerprint density at radius 3 is 1.27 bits per heavy atom. The number of furan rings is 2. The maximum Gasteiger partial charge on any atom is 0.136 e. The van der Waals surface area contributed by atoms with Crippen molar-refractivity contribution in [1.82, 2.24) is 0 Å². The van der Waals surface area contributed by atoms with Crippen molar-refractivity contribution in [1.29, 1.82) is 0 Å². The normalized spacial score (nSPS) is 13.7. The lowest BCUT2D eigenvalue weighted by Gasteiger charge is -2.26. The summed E-state index contributed by atoms with van der Waals surface area (Å²) in [4.78, 5) is 1.31. The highest BCUT2D eigenvalue weighted by Gasteiger charge is 2.15. The Labute approximate surface area is 306 Å². The SMILES string of the molecule is [2H]c1c([2H])c(N(c2ccc(-c3ccc4c(c3)oc3ccccc34)cc2)c2c([2H])c([2H])c(-c3ccc4c(c3)oc3ccccc34)c([2H])c2[2H])c([2H])c([2H])c1-c1ccccc1. The molecule has 0 aliphatic heterocycles. The Morgan fingerprint density at radius 1 is 0.314 bits per heavy atom.